The van der Waals surface area contributed by atoms with Gasteiger partial charge in [0.15, 0.2) is 0 Å². The van der Waals surface area contributed by atoms with Crippen molar-refractivity contribution in [3.05, 3.63) is 106 Å². The molecule has 0 saturated carbocycles. The number of nitrogens with zero attached hydrogens (tertiary/aromatic N) is 1. The number of carbonyl (C=O) groups is 2. The zero-order chi connectivity index (χ0) is 22.8. The molecule has 32 heavy (non-hydrogen) atoms. The second-order valence-corrected chi connectivity index (χ2v) is 7.17. The Labute approximate surface area is 185 Å². The maximum atomic E-state index is 12.8. The third-order valence-corrected chi connectivity index (χ3v) is 4.80. The van der Waals surface area contributed by atoms with Crippen LogP contribution in [0.25, 0.3) is 0 Å². The van der Waals surface area contributed by atoms with Crippen molar-refractivity contribution in [2.45, 2.75) is 18.9 Å². The van der Waals surface area contributed by atoms with E-state index in [1.54, 1.807) is 0 Å². The van der Waals surface area contributed by atoms with E-state index in [0.717, 1.165) is 11.1 Å². The SMILES string of the molecule is O=C(Nc1ccc([N+](=O)[O-])cc1)NC(Cc1ccccc1)C(=O)NCCc1ccccc1. The summed E-state index contributed by atoms with van der Waals surface area (Å²) in [5.41, 5.74) is 2.33. The number of rotatable bonds is 9. The van der Waals surface area contributed by atoms with Crippen LogP contribution in [-0.4, -0.2) is 29.4 Å². The van der Waals surface area contributed by atoms with Crippen molar-refractivity contribution in [1.82, 2.24) is 10.6 Å². The minimum atomic E-state index is -0.786. The first-order chi connectivity index (χ1) is 15.5. The summed E-state index contributed by atoms with van der Waals surface area (Å²) in [4.78, 5) is 35.6. The molecule has 0 heterocycles. The molecule has 1 atom stereocenters. The summed E-state index contributed by atoms with van der Waals surface area (Å²) in [5, 5.41) is 19.0. The Bertz CT molecular complexity index is 1040. The van der Waals surface area contributed by atoms with Crippen LogP contribution in [0.5, 0.6) is 0 Å². The third kappa shape index (κ3) is 6.94. The van der Waals surface area contributed by atoms with E-state index in [0.29, 0.717) is 25.1 Å². The number of nitrogens with one attached hydrogen (secondary N) is 3. The second kappa shape index (κ2) is 11.3. The van der Waals surface area contributed by atoms with Gasteiger partial charge >= 0.3 is 6.03 Å². The molecular weight excluding hydrogens is 408 g/mol. The molecule has 3 aromatic rings. The molecule has 3 amide bonds. The van der Waals surface area contributed by atoms with Crippen molar-refractivity contribution in [1.29, 1.82) is 0 Å². The molecule has 0 spiro atoms. The summed E-state index contributed by atoms with van der Waals surface area (Å²) >= 11 is 0. The van der Waals surface area contributed by atoms with E-state index >= 15 is 0 Å². The lowest BCUT2D eigenvalue weighted by atomic mass is 10.1. The Morgan fingerprint density at radius 2 is 1.44 bits per heavy atom. The molecule has 0 fully saturated rings. The quantitative estimate of drug-likeness (QED) is 0.353. The van der Waals surface area contributed by atoms with Gasteiger partial charge in [-0.2, -0.15) is 0 Å². The number of hydrogen-bond donors (Lipinski definition) is 3. The Kier molecular flexibility index (Phi) is 7.91. The van der Waals surface area contributed by atoms with Gasteiger partial charge in [0, 0.05) is 30.8 Å². The van der Waals surface area contributed by atoms with Crippen molar-refractivity contribution in [3.8, 4) is 0 Å². The zero-order valence-electron chi connectivity index (χ0n) is 17.4. The van der Waals surface area contributed by atoms with Crippen molar-refractivity contribution >= 4 is 23.3 Å². The third-order valence-electron chi connectivity index (χ3n) is 4.80. The van der Waals surface area contributed by atoms with E-state index in [4.69, 9.17) is 0 Å². The molecule has 0 bridgehead atoms. The van der Waals surface area contributed by atoms with E-state index in [1.165, 1.54) is 24.3 Å². The normalized spacial score (nSPS) is 11.2. The van der Waals surface area contributed by atoms with Crippen LogP contribution in [0.2, 0.25) is 0 Å². The summed E-state index contributed by atoms with van der Waals surface area (Å²) in [7, 11) is 0. The lowest BCUT2D eigenvalue weighted by Crippen LogP contribution is -2.49. The predicted octanol–water partition coefficient (Wildman–Crippen LogP) is 3.69. The van der Waals surface area contributed by atoms with Gasteiger partial charge in [0.2, 0.25) is 5.91 Å². The number of benzene rings is 3. The number of hydrogen-bond acceptors (Lipinski definition) is 4. The van der Waals surface area contributed by atoms with E-state index in [2.05, 4.69) is 16.0 Å². The summed E-state index contributed by atoms with van der Waals surface area (Å²) in [6.45, 7) is 0.444. The van der Waals surface area contributed by atoms with Gasteiger partial charge in [-0.1, -0.05) is 60.7 Å². The molecule has 0 aliphatic carbocycles. The van der Waals surface area contributed by atoms with Crippen LogP contribution in [0.1, 0.15) is 11.1 Å². The molecular formula is C24H24N4O4. The minimum absolute atomic E-state index is 0.0734. The van der Waals surface area contributed by atoms with Gasteiger partial charge in [0.1, 0.15) is 6.04 Å². The van der Waals surface area contributed by atoms with E-state index in [-0.39, 0.29) is 11.6 Å². The number of nitro benzene ring substituents is 1. The first-order valence-corrected chi connectivity index (χ1v) is 10.2. The Balaban J connectivity index is 1.61. The molecule has 3 rings (SSSR count). The van der Waals surface area contributed by atoms with Gasteiger partial charge in [0.05, 0.1) is 4.92 Å². The van der Waals surface area contributed by atoms with Crippen LogP contribution in [0.15, 0.2) is 84.9 Å². The van der Waals surface area contributed by atoms with Gasteiger partial charge < -0.3 is 16.0 Å². The van der Waals surface area contributed by atoms with Crippen molar-refractivity contribution < 1.29 is 14.5 Å². The molecule has 1 unspecified atom stereocenters. The summed E-state index contributed by atoms with van der Waals surface area (Å²) < 4.78 is 0. The molecule has 0 saturated heterocycles. The van der Waals surface area contributed by atoms with Crippen LogP contribution in [0.3, 0.4) is 0 Å². The van der Waals surface area contributed by atoms with Gasteiger partial charge in [-0.3, -0.25) is 14.9 Å². The number of non-ortho nitro benzene ring substituents is 1. The number of nitro groups is 1. The number of urea groups is 1. The zero-order valence-corrected chi connectivity index (χ0v) is 17.4. The maximum Gasteiger partial charge on any atom is 0.319 e. The Morgan fingerprint density at radius 3 is 2.03 bits per heavy atom. The molecule has 3 aromatic carbocycles. The maximum absolute atomic E-state index is 12.8. The Morgan fingerprint density at radius 1 is 0.844 bits per heavy atom. The van der Waals surface area contributed by atoms with Crippen LogP contribution < -0.4 is 16.0 Å². The number of anilines is 1. The molecule has 3 N–H and O–H groups in total. The van der Waals surface area contributed by atoms with Gasteiger partial charge in [-0.25, -0.2) is 4.79 Å². The minimum Gasteiger partial charge on any atom is -0.354 e. The molecule has 0 aromatic heterocycles. The average molecular weight is 432 g/mol. The van der Waals surface area contributed by atoms with E-state index in [9.17, 15) is 19.7 Å². The van der Waals surface area contributed by atoms with Crippen LogP contribution >= 0.6 is 0 Å². The van der Waals surface area contributed by atoms with Crippen molar-refractivity contribution in [2.24, 2.45) is 0 Å². The monoisotopic (exact) mass is 432 g/mol. The molecule has 8 heteroatoms. The lowest BCUT2D eigenvalue weighted by molar-refractivity contribution is -0.384. The molecule has 0 aliphatic rings. The highest BCUT2D eigenvalue weighted by molar-refractivity contribution is 5.93. The van der Waals surface area contributed by atoms with Crippen molar-refractivity contribution in [2.75, 3.05) is 11.9 Å². The predicted molar refractivity (Wildman–Crippen MR) is 122 cm³/mol. The van der Waals surface area contributed by atoms with Gasteiger partial charge in [-0.05, 0) is 29.7 Å². The van der Waals surface area contributed by atoms with Crippen molar-refractivity contribution in [3.63, 3.8) is 0 Å². The smallest absolute Gasteiger partial charge is 0.319 e. The number of carbonyl (C=O) groups excluding carboxylic acids is 2. The first kappa shape index (κ1) is 22.5. The highest BCUT2D eigenvalue weighted by Gasteiger charge is 2.21. The fourth-order valence-corrected chi connectivity index (χ4v) is 3.15. The van der Waals surface area contributed by atoms with Gasteiger partial charge in [0.25, 0.3) is 5.69 Å². The summed E-state index contributed by atoms with van der Waals surface area (Å²) in [5.74, 6) is -0.288. The molecule has 0 aliphatic heterocycles. The molecule has 8 nitrogen and oxygen atoms in total. The highest BCUT2D eigenvalue weighted by atomic mass is 16.6. The molecule has 164 valence electrons. The van der Waals surface area contributed by atoms with Gasteiger partial charge in [-0.15, -0.1) is 0 Å². The van der Waals surface area contributed by atoms with Crippen LogP contribution in [0.4, 0.5) is 16.2 Å². The highest BCUT2D eigenvalue weighted by Crippen LogP contribution is 2.15. The lowest BCUT2D eigenvalue weighted by Gasteiger charge is -2.19. The summed E-state index contributed by atoms with van der Waals surface area (Å²) in [6.07, 6.45) is 1.01. The fraction of sp³-hybridized carbons (Fsp3) is 0.167. The topological polar surface area (TPSA) is 113 Å². The fourth-order valence-electron chi connectivity index (χ4n) is 3.15. The Hall–Kier alpha value is -4.20. The standard InChI is InChI=1S/C24H24N4O4/c29-23(25-16-15-18-7-3-1-4-8-18)22(17-19-9-5-2-6-10-19)27-24(30)26-20-11-13-21(14-12-20)28(31)32/h1-14,22H,15-17H2,(H,25,29)(H2,26,27,30). The molecule has 0 radical (unpaired) electrons. The number of amides is 3. The largest absolute Gasteiger partial charge is 0.354 e. The van der Waals surface area contributed by atoms with E-state index in [1.807, 2.05) is 60.7 Å². The van der Waals surface area contributed by atoms with Crippen LogP contribution in [-0.2, 0) is 17.6 Å². The second-order valence-electron chi connectivity index (χ2n) is 7.17. The first-order valence-electron chi connectivity index (χ1n) is 10.2. The van der Waals surface area contributed by atoms with E-state index < -0.39 is 17.0 Å². The summed E-state index contributed by atoms with van der Waals surface area (Å²) in [6, 6.07) is 23.3. The average Bonchev–Trinajstić information content (AvgIpc) is 2.80. The van der Waals surface area contributed by atoms with Crippen LogP contribution in [0, 0.1) is 10.1 Å².